The molecule has 1 fully saturated rings. The third kappa shape index (κ3) is 27.0. The molecule has 1 heterocycles. The van der Waals surface area contributed by atoms with Crippen molar-refractivity contribution >= 4 is 5.91 Å². The van der Waals surface area contributed by atoms with Gasteiger partial charge in [-0.15, -0.1) is 0 Å². The molecule has 316 valence electrons. The summed E-state index contributed by atoms with van der Waals surface area (Å²) >= 11 is 0. The van der Waals surface area contributed by atoms with Gasteiger partial charge in [0.25, 0.3) is 0 Å². The topological polar surface area (TPSA) is 149 Å². The molecule has 6 N–H and O–H groups in total. The molecule has 9 nitrogen and oxygen atoms in total. The summed E-state index contributed by atoms with van der Waals surface area (Å²) in [6.07, 6.45) is 41.4. The summed E-state index contributed by atoms with van der Waals surface area (Å²) in [4.78, 5) is 12.8. The SMILES string of the molecule is CC/C=C\C/C=C\C/C=C\C/C=C\C/C=C\CCCCCCCCCCCCCC(=O)NC(COC1OC(CO)C(O)C(O)C1O)C(O)/C=C/CCCCC. The van der Waals surface area contributed by atoms with Crippen LogP contribution in [0.3, 0.4) is 0 Å². The molecule has 1 amide bonds. The monoisotopic (exact) mass is 774 g/mol. The van der Waals surface area contributed by atoms with Crippen molar-refractivity contribution in [3.8, 4) is 0 Å². The van der Waals surface area contributed by atoms with Crippen molar-refractivity contribution in [3.05, 3.63) is 72.9 Å². The van der Waals surface area contributed by atoms with E-state index in [0.29, 0.717) is 6.42 Å². The van der Waals surface area contributed by atoms with Gasteiger partial charge in [-0.25, -0.2) is 0 Å². The van der Waals surface area contributed by atoms with Crippen LogP contribution in [0.5, 0.6) is 0 Å². The molecule has 1 saturated heterocycles. The second kappa shape index (κ2) is 36.0. The summed E-state index contributed by atoms with van der Waals surface area (Å²) in [6, 6.07) is -0.805. The zero-order valence-electron chi connectivity index (χ0n) is 34.4. The highest BCUT2D eigenvalue weighted by molar-refractivity contribution is 5.76. The highest BCUT2D eigenvalue weighted by Crippen LogP contribution is 2.22. The average Bonchev–Trinajstić information content (AvgIpc) is 3.18. The molecule has 7 atom stereocenters. The first-order chi connectivity index (χ1) is 26.8. The Labute approximate surface area is 334 Å². The van der Waals surface area contributed by atoms with Crippen molar-refractivity contribution in [2.75, 3.05) is 13.2 Å². The third-order valence-corrected chi connectivity index (χ3v) is 9.79. The Bertz CT molecular complexity index is 1080. The number of nitrogens with one attached hydrogen (secondary N) is 1. The molecule has 1 aliphatic rings. The molecule has 0 aliphatic carbocycles. The van der Waals surface area contributed by atoms with Gasteiger partial charge in [0.15, 0.2) is 6.29 Å². The number of aliphatic hydroxyl groups is 5. The predicted octanol–water partition coefficient (Wildman–Crippen LogP) is 8.61. The Balaban J connectivity index is 2.15. The number of hydrogen-bond acceptors (Lipinski definition) is 8. The zero-order chi connectivity index (χ0) is 40.2. The van der Waals surface area contributed by atoms with Gasteiger partial charge >= 0.3 is 0 Å². The van der Waals surface area contributed by atoms with E-state index in [2.05, 4.69) is 79.9 Å². The van der Waals surface area contributed by atoms with Crippen molar-refractivity contribution in [2.24, 2.45) is 0 Å². The van der Waals surface area contributed by atoms with Crippen LogP contribution in [-0.2, 0) is 14.3 Å². The molecule has 0 radical (unpaired) electrons. The molecule has 0 aromatic rings. The van der Waals surface area contributed by atoms with Crippen LogP contribution in [0, 0.1) is 0 Å². The number of carbonyl (C=O) groups excluding carboxylic acids is 1. The van der Waals surface area contributed by atoms with Gasteiger partial charge in [0, 0.05) is 6.42 Å². The number of rotatable bonds is 34. The molecular weight excluding hydrogens is 695 g/mol. The maximum atomic E-state index is 12.8. The van der Waals surface area contributed by atoms with Gasteiger partial charge in [0.05, 0.1) is 25.4 Å². The van der Waals surface area contributed by atoms with Crippen LogP contribution in [0.2, 0.25) is 0 Å². The van der Waals surface area contributed by atoms with E-state index in [9.17, 15) is 30.3 Å². The fourth-order valence-corrected chi connectivity index (χ4v) is 6.30. The first-order valence-electron chi connectivity index (χ1n) is 21.7. The Morgan fingerprint density at radius 2 is 1.13 bits per heavy atom. The van der Waals surface area contributed by atoms with Crippen molar-refractivity contribution in [1.29, 1.82) is 0 Å². The minimum Gasteiger partial charge on any atom is -0.394 e. The highest BCUT2D eigenvalue weighted by Gasteiger charge is 2.44. The molecule has 0 aromatic carbocycles. The Morgan fingerprint density at radius 3 is 1.67 bits per heavy atom. The fourth-order valence-electron chi connectivity index (χ4n) is 6.30. The summed E-state index contributed by atoms with van der Waals surface area (Å²) in [5.41, 5.74) is 0. The number of unbranched alkanes of at least 4 members (excludes halogenated alkanes) is 14. The quantitative estimate of drug-likeness (QED) is 0.0281. The summed E-state index contributed by atoms with van der Waals surface area (Å²) in [7, 11) is 0. The molecule has 1 aliphatic heterocycles. The zero-order valence-corrected chi connectivity index (χ0v) is 34.4. The van der Waals surface area contributed by atoms with Crippen LogP contribution in [0.4, 0.5) is 0 Å². The normalized spacial score (nSPS) is 22.1. The lowest BCUT2D eigenvalue weighted by Gasteiger charge is -2.40. The minimum atomic E-state index is -1.57. The van der Waals surface area contributed by atoms with Crippen molar-refractivity contribution < 1.29 is 39.8 Å². The van der Waals surface area contributed by atoms with Gasteiger partial charge in [0.2, 0.25) is 5.91 Å². The van der Waals surface area contributed by atoms with E-state index in [1.54, 1.807) is 6.08 Å². The Kier molecular flexibility index (Phi) is 33.2. The summed E-state index contributed by atoms with van der Waals surface area (Å²) in [5, 5.41) is 53.6. The third-order valence-electron chi connectivity index (χ3n) is 9.79. The predicted molar refractivity (Wildman–Crippen MR) is 225 cm³/mol. The smallest absolute Gasteiger partial charge is 0.220 e. The van der Waals surface area contributed by atoms with E-state index in [0.717, 1.165) is 77.0 Å². The van der Waals surface area contributed by atoms with Crippen LogP contribution in [0.1, 0.15) is 155 Å². The maximum absolute atomic E-state index is 12.8. The first kappa shape index (κ1) is 50.6. The average molecular weight is 774 g/mol. The molecule has 0 spiro atoms. The van der Waals surface area contributed by atoms with Crippen LogP contribution < -0.4 is 5.32 Å². The lowest BCUT2D eigenvalue weighted by atomic mass is 9.99. The van der Waals surface area contributed by atoms with Crippen molar-refractivity contribution in [3.63, 3.8) is 0 Å². The Morgan fingerprint density at radius 1 is 0.636 bits per heavy atom. The first-order valence-corrected chi connectivity index (χ1v) is 21.7. The van der Waals surface area contributed by atoms with Crippen LogP contribution in [0.25, 0.3) is 0 Å². The van der Waals surface area contributed by atoms with E-state index in [1.165, 1.54) is 57.8 Å². The second-order valence-electron chi connectivity index (χ2n) is 14.8. The fraction of sp³-hybridized carbons (Fsp3) is 0.717. The highest BCUT2D eigenvalue weighted by atomic mass is 16.7. The molecule has 1 rings (SSSR count). The number of aliphatic hydroxyl groups excluding tert-OH is 5. The lowest BCUT2D eigenvalue weighted by Crippen LogP contribution is -2.60. The molecule has 9 heteroatoms. The standard InChI is InChI=1S/C46H79NO8/c1-3-5-7-9-10-11-12-13-14-15-16-17-18-19-20-21-22-23-24-25-26-27-28-29-30-32-34-36-42(50)47-39(40(49)35-33-31-8-6-4-2)38-54-46-45(53)44(52)43(51)41(37-48)55-46/h5,7,10-11,13-14,16-17,19-20,33,35,39-41,43-46,48-49,51-53H,3-4,6,8-9,12,15,18,21-32,34,36-38H2,1-2H3,(H,47,50)/b7-5-,11-10-,14-13-,17-16-,20-19-,35-33+. The molecular formula is C46H79NO8. The van der Waals surface area contributed by atoms with E-state index < -0.39 is 49.5 Å². The van der Waals surface area contributed by atoms with Gasteiger partial charge in [-0.05, 0) is 64.2 Å². The maximum Gasteiger partial charge on any atom is 0.220 e. The van der Waals surface area contributed by atoms with E-state index in [-0.39, 0.29) is 12.5 Å². The van der Waals surface area contributed by atoms with E-state index in [1.807, 2.05) is 6.08 Å². The van der Waals surface area contributed by atoms with Crippen LogP contribution in [-0.4, -0.2) is 87.5 Å². The second-order valence-corrected chi connectivity index (χ2v) is 14.8. The molecule has 55 heavy (non-hydrogen) atoms. The van der Waals surface area contributed by atoms with Crippen LogP contribution in [0.15, 0.2) is 72.9 Å². The Hall–Kier alpha value is -2.37. The summed E-state index contributed by atoms with van der Waals surface area (Å²) in [5.74, 6) is -0.192. The van der Waals surface area contributed by atoms with Gasteiger partial charge in [-0.1, -0.05) is 157 Å². The van der Waals surface area contributed by atoms with Crippen molar-refractivity contribution in [1.82, 2.24) is 5.32 Å². The van der Waals surface area contributed by atoms with Crippen LogP contribution >= 0.6 is 0 Å². The van der Waals surface area contributed by atoms with Crippen molar-refractivity contribution in [2.45, 2.75) is 198 Å². The number of ether oxygens (including phenoxy) is 2. The van der Waals surface area contributed by atoms with Gasteiger partial charge in [0.1, 0.15) is 24.4 Å². The molecule has 0 aromatic heterocycles. The lowest BCUT2D eigenvalue weighted by molar-refractivity contribution is -0.302. The number of amides is 1. The summed E-state index contributed by atoms with van der Waals surface area (Å²) in [6.45, 7) is 3.52. The minimum absolute atomic E-state index is 0.192. The number of allylic oxidation sites excluding steroid dienone is 11. The number of carbonyl (C=O) groups is 1. The van der Waals surface area contributed by atoms with Gasteiger partial charge < -0.3 is 40.3 Å². The van der Waals surface area contributed by atoms with Gasteiger partial charge in [-0.3, -0.25) is 4.79 Å². The molecule has 0 bridgehead atoms. The van der Waals surface area contributed by atoms with E-state index in [4.69, 9.17) is 9.47 Å². The number of hydrogen-bond donors (Lipinski definition) is 6. The molecule has 7 unspecified atom stereocenters. The van der Waals surface area contributed by atoms with Gasteiger partial charge in [-0.2, -0.15) is 0 Å². The summed E-state index contributed by atoms with van der Waals surface area (Å²) < 4.78 is 11.1. The largest absolute Gasteiger partial charge is 0.394 e. The van der Waals surface area contributed by atoms with E-state index >= 15 is 0 Å². The molecule has 0 saturated carbocycles.